The van der Waals surface area contributed by atoms with Crippen molar-refractivity contribution in [2.75, 3.05) is 4.90 Å². The zero-order valence-corrected chi connectivity index (χ0v) is 18.6. The summed E-state index contributed by atoms with van der Waals surface area (Å²) in [5.41, 5.74) is 4.38. The fraction of sp³-hybridized carbons (Fsp3) is 0.160. The maximum atomic E-state index is 14.0. The smallest absolute Gasteiger partial charge is 0.174 e. The van der Waals surface area contributed by atoms with E-state index < -0.39 is 0 Å². The third-order valence-corrected chi connectivity index (χ3v) is 6.06. The van der Waals surface area contributed by atoms with Crippen molar-refractivity contribution in [3.63, 3.8) is 0 Å². The van der Waals surface area contributed by atoms with Gasteiger partial charge >= 0.3 is 0 Å². The van der Waals surface area contributed by atoms with Gasteiger partial charge in [0.2, 0.25) is 0 Å². The maximum Gasteiger partial charge on any atom is 0.174 e. The predicted octanol–water partition coefficient (Wildman–Crippen LogP) is 5.20. The minimum atomic E-state index is -0.239. The van der Waals surface area contributed by atoms with E-state index in [1.165, 1.54) is 6.07 Å². The zero-order chi connectivity index (χ0) is 22.2. The van der Waals surface area contributed by atoms with Crippen LogP contribution in [0.25, 0.3) is 5.82 Å². The molecule has 0 aliphatic carbocycles. The van der Waals surface area contributed by atoms with E-state index in [0.717, 1.165) is 28.5 Å². The van der Waals surface area contributed by atoms with E-state index in [-0.39, 0.29) is 17.9 Å². The van der Waals surface area contributed by atoms with Gasteiger partial charge in [0.05, 0.1) is 11.7 Å². The molecule has 0 unspecified atom stereocenters. The summed E-state index contributed by atoms with van der Waals surface area (Å²) in [5.74, 6) is 0.584. The molecule has 4 aromatic rings. The number of hydrogen-bond acceptors (Lipinski definition) is 3. The second kappa shape index (κ2) is 8.16. The fourth-order valence-electron chi connectivity index (χ4n) is 4.16. The molecule has 4 heterocycles. The number of nitrogens with one attached hydrogen (secondary N) is 1. The molecule has 3 aromatic heterocycles. The summed E-state index contributed by atoms with van der Waals surface area (Å²) < 4.78 is 16.1. The first-order chi connectivity index (χ1) is 15.5. The lowest BCUT2D eigenvalue weighted by Gasteiger charge is -2.29. The minimum absolute atomic E-state index is 0.187. The van der Waals surface area contributed by atoms with Gasteiger partial charge in [-0.25, -0.2) is 9.37 Å². The van der Waals surface area contributed by atoms with Crippen molar-refractivity contribution >= 4 is 23.0 Å². The van der Waals surface area contributed by atoms with Crippen LogP contribution in [0, 0.1) is 19.7 Å². The second-order valence-electron chi connectivity index (χ2n) is 7.93. The number of aryl methyl sites for hydroxylation is 2. The number of anilines is 1. The standard InChI is InChI=1S/C25H22FN5S/c1-16-8-11-22(28-15-16)30-13-5-7-21(30)24-23(20-6-3-4-12-27-20)29-25(32)31(24)18-9-10-19(26)17(2)14-18/h3-15,23-24H,1-2H3,(H,29,32)/t23-,24+/m0/s1. The summed E-state index contributed by atoms with van der Waals surface area (Å²) in [4.78, 5) is 11.3. The Morgan fingerprint density at radius 1 is 1.00 bits per heavy atom. The number of halogens is 1. The molecule has 0 radical (unpaired) electrons. The molecule has 0 bridgehead atoms. The number of hydrogen-bond donors (Lipinski definition) is 1. The first-order valence-electron chi connectivity index (χ1n) is 10.4. The van der Waals surface area contributed by atoms with Crippen LogP contribution in [0.3, 0.4) is 0 Å². The minimum Gasteiger partial charge on any atom is -0.351 e. The number of pyridine rings is 2. The zero-order valence-electron chi connectivity index (χ0n) is 17.7. The van der Waals surface area contributed by atoms with Crippen molar-refractivity contribution in [3.05, 3.63) is 108 Å². The van der Waals surface area contributed by atoms with Crippen LogP contribution in [0.4, 0.5) is 10.1 Å². The predicted molar refractivity (Wildman–Crippen MR) is 127 cm³/mol. The molecule has 5 nitrogen and oxygen atoms in total. The highest BCUT2D eigenvalue weighted by molar-refractivity contribution is 7.80. The van der Waals surface area contributed by atoms with Crippen LogP contribution < -0.4 is 10.2 Å². The molecule has 1 saturated heterocycles. The van der Waals surface area contributed by atoms with Gasteiger partial charge in [0, 0.05) is 30.0 Å². The van der Waals surface area contributed by atoms with E-state index in [9.17, 15) is 4.39 Å². The largest absolute Gasteiger partial charge is 0.351 e. The highest BCUT2D eigenvalue weighted by atomic mass is 32.1. The molecule has 1 fully saturated rings. The van der Waals surface area contributed by atoms with Crippen LogP contribution in [0.5, 0.6) is 0 Å². The Bertz CT molecular complexity index is 1270. The van der Waals surface area contributed by atoms with Crippen molar-refractivity contribution in [1.82, 2.24) is 19.9 Å². The Balaban J connectivity index is 1.67. The number of nitrogens with zero attached hydrogens (tertiary/aromatic N) is 4. The first kappa shape index (κ1) is 20.3. The van der Waals surface area contributed by atoms with Crippen molar-refractivity contribution < 1.29 is 4.39 Å². The van der Waals surface area contributed by atoms with E-state index in [2.05, 4.69) is 25.9 Å². The normalized spacial score (nSPS) is 18.1. The summed E-state index contributed by atoms with van der Waals surface area (Å²) in [6.45, 7) is 3.78. The molecule has 0 amide bonds. The van der Waals surface area contributed by atoms with Crippen molar-refractivity contribution in [1.29, 1.82) is 0 Å². The molecule has 1 N–H and O–H groups in total. The van der Waals surface area contributed by atoms with Gasteiger partial charge < -0.3 is 14.8 Å². The van der Waals surface area contributed by atoms with Gasteiger partial charge in [-0.15, -0.1) is 0 Å². The molecular weight excluding hydrogens is 421 g/mol. The summed E-state index contributed by atoms with van der Waals surface area (Å²) >= 11 is 5.77. The van der Waals surface area contributed by atoms with E-state index in [4.69, 9.17) is 12.2 Å². The molecule has 1 aliphatic heterocycles. The molecular formula is C25H22FN5S. The number of benzene rings is 1. The summed E-state index contributed by atoms with van der Waals surface area (Å²) in [6.07, 6.45) is 5.63. The molecule has 1 aromatic carbocycles. The maximum absolute atomic E-state index is 14.0. The van der Waals surface area contributed by atoms with E-state index >= 15 is 0 Å². The van der Waals surface area contributed by atoms with Crippen LogP contribution in [0.1, 0.15) is 34.6 Å². The lowest BCUT2D eigenvalue weighted by molar-refractivity contribution is 0.548. The highest BCUT2D eigenvalue weighted by Crippen LogP contribution is 2.42. The van der Waals surface area contributed by atoms with Crippen molar-refractivity contribution in [2.24, 2.45) is 0 Å². The lowest BCUT2D eigenvalue weighted by Crippen LogP contribution is -2.30. The van der Waals surface area contributed by atoms with Gasteiger partial charge in [-0.3, -0.25) is 4.98 Å². The van der Waals surface area contributed by atoms with Crippen LogP contribution in [-0.2, 0) is 0 Å². The molecule has 5 rings (SSSR count). The van der Waals surface area contributed by atoms with E-state index in [0.29, 0.717) is 10.7 Å². The molecule has 1 aliphatic rings. The monoisotopic (exact) mass is 443 g/mol. The topological polar surface area (TPSA) is 46.0 Å². The number of rotatable bonds is 4. The van der Waals surface area contributed by atoms with Crippen molar-refractivity contribution in [2.45, 2.75) is 25.9 Å². The van der Waals surface area contributed by atoms with E-state index in [1.807, 2.05) is 66.7 Å². The van der Waals surface area contributed by atoms with Crippen molar-refractivity contribution in [3.8, 4) is 5.82 Å². The first-order valence-corrected chi connectivity index (χ1v) is 10.8. The van der Waals surface area contributed by atoms with E-state index in [1.54, 1.807) is 19.2 Å². The van der Waals surface area contributed by atoms with Crippen LogP contribution >= 0.6 is 12.2 Å². The average Bonchev–Trinajstić information content (AvgIpc) is 3.41. The summed E-state index contributed by atoms with van der Waals surface area (Å²) in [7, 11) is 0. The summed E-state index contributed by atoms with van der Waals surface area (Å²) in [6, 6.07) is 18.7. The third-order valence-electron chi connectivity index (χ3n) is 5.74. The SMILES string of the molecule is Cc1ccc(-n2cccc2[C@@H]2[C@H](c3ccccn3)NC(=S)N2c2ccc(F)c(C)c2)nc1. The number of aromatic nitrogens is 3. The second-order valence-corrected chi connectivity index (χ2v) is 8.31. The van der Waals surface area contributed by atoms with Gasteiger partial charge in [-0.05, 0) is 85.7 Å². The quantitative estimate of drug-likeness (QED) is 0.439. The molecule has 0 spiro atoms. The average molecular weight is 444 g/mol. The lowest BCUT2D eigenvalue weighted by atomic mass is 10.0. The van der Waals surface area contributed by atoms with Crippen LogP contribution in [0.2, 0.25) is 0 Å². The Kier molecular flexibility index (Phi) is 5.19. The Morgan fingerprint density at radius 2 is 1.88 bits per heavy atom. The van der Waals surface area contributed by atoms with Gasteiger partial charge in [0.1, 0.15) is 17.7 Å². The highest BCUT2D eigenvalue weighted by Gasteiger charge is 2.42. The van der Waals surface area contributed by atoms with Gasteiger partial charge in [0.15, 0.2) is 5.11 Å². The van der Waals surface area contributed by atoms with Gasteiger partial charge in [-0.2, -0.15) is 0 Å². The molecule has 160 valence electrons. The van der Waals surface area contributed by atoms with Crippen LogP contribution in [0.15, 0.2) is 79.3 Å². The Labute approximate surface area is 191 Å². The molecule has 2 atom stereocenters. The van der Waals surface area contributed by atoms with Gasteiger partial charge in [0.25, 0.3) is 0 Å². The molecule has 7 heteroatoms. The Hall–Kier alpha value is -3.58. The molecule has 0 saturated carbocycles. The fourth-order valence-corrected chi connectivity index (χ4v) is 4.50. The third kappa shape index (κ3) is 3.54. The van der Waals surface area contributed by atoms with Gasteiger partial charge in [-0.1, -0.05) is 12.1 Å². The Morgan fingerprint density at radius 3 is 2.59 bits per heavy atom. The molecule has 32 heavy (non-hydrogen) atoms. The van der Waals surface area contributed by atoms with Crippen LogP contribution in [-0.4, -0.2) is 19.6 Å². The summed E-state index contributed by atoms with van der Waals surface area (Å²) in [5, 5.41) is 4.02. The number of thiocarbonyl (C=S) groups is 1.